The van der Waals surface area contributed by atoms with E-state index in [0.717, 1.165) is 3.82 Å². The maximum Gasteiger partial charge on any atom is 0.631 e. The van der Waals surface area contributed by atoms with E-state index in [4.69, 9.17) is 39.5 Å². The second-order valence-electron chi connectivity index (χ2n) is 1.29. The SMILES string of the molecule is OB(O)O.S=c1[nH][nH]sc1=S. The molecule has 0 bridgehead atoms. The first-order valence-electron chi connectivity index (χ1n) is 2.34. The number of nitrogens with one attached hydrogen (secondary N) is 2. The van der Waals surface area contributed by atoms with Crippen LogP contribution in [0.5, 0.6) is 0 Å². The van der Waals surface area contributed by atoms with Crippen molar-refractivity contribution >= 4 is 43.3 Å². The molecule has 1 rings (SSSR count). The molecule has 0 aliphatic carbocycles. The minimum atomic E-state index is -2.17. The Kier molecular flexibility index (Phi) is 5.55. The molecular formula is C2H5BN2O3S3. The zero-order valence-electron chi connectivity index (χ0n) is 5.14. The molecule has 62 valence electrons. The standard InChI is InChI=1S/C2H2N2S3.BH3O3/c5-1-2(6)7-4-3-1;2-1(3)4/h4H,(H,3,5);2-4H. The molecule has 1 aromatic rings. The van der Waals surface area contributed by atoms with Crippen LogP contribution in [0, 0.1) is 8.46 Å². The van der Waals surface area contributed by atoms with Crippen molar-refractivity contribution in [2.75, 3.05) is 0 Å². The summed E-state index contributed by atoms with van der Waals surface area (Å²) in [6.07, 6.45) is 0. The molecule has 1 aromatic heterocycles. The van der Waals surface area contributed by atoms with Crippen molar-refractivity contribution < 1.29 is 15.1 Å². The lowest BCUT2D eigenvalue weighted by molar-refractivity contribution is 0.278. The summed E-state index contributed by atoms with van der Waals surface area (Å²) < 4.78 is 4.05. The van der Waals surface area contributed by atoms with Crippen LogP contribution in [0.25, 0.3) is 0 Å². The molecule has 9 heteroatoms. The summed E-state index contributed by atoms with van der Waals surface area (Å²) in [5, 5.41) is 24.2. The van der Waals surface area contributed by atoms with Gasteiger partial charge in [-0.05, 0) is 11.5 Å². The van der Waals surface area contributed by atoms with Gasteiger partial charge < -0.3 is 15.1 Å². The molecule has 0 amide bonds. The summed E-state index contributed by atoms with van der Waals surface area (Å²) >= 11 is 10.8. The summed E-state index contributed by atoms with van der Waals surface area (Å²) in [6.45, 7) is 0. The van der Waals surface area contributed by atoms with Gasteiger partial charge in [0.2, 0.25) is 0 Å². The number of hydrogen-bond acceptors (Lipinski definition) is 6. The van der Waals surface area contributed by atoms with Crippen LogP contribution in [0.15, 0.2) is 0 Å². The number of hydrogen-bond donors (Lipinski definition) is 5. The Balaban J connectivity index is 0.000000218. The van der Waals surface area contributed by atoms with E-state index in [1.54, 1.807) is 0 Å². The first kappa shape index (κ1) is 10.9. The lowest BCUT2D eigenvalue weighted by Gasteiger charge is -1.69. The fraction of sp³-hybridized carbons (Fsp3) is 0. The van der Waals surface area contributed by atoms with Crippen molar-refractivity contribution in [1.82, 2.24) is 9.59 Å². The number of aromatic amines is 2. The summed E-state index contributed by atoms with van der Waals surface area (Å²) in [6, 6.07) is 0. The molecule has 0 saturated heterocycles. The minimum absolute atomic E-state index is 0.625. The highest BCUT2D eigenvalue weighted by Gasteiger charge is 1.92. The fourth-order valence-corrected chi connectivity index (χ4v) is 1.02. The minimum Gasteiger partial charge on any atom is -0.402 e. The second kappa shape index (κ2) is 5.58. The Morgan fingerprint density at radius 2 is 1.73 bits per heavy atom. The highest BCUT2D eigenvalue weighted by molar-refractivity contribution is 7.75. The molecule has 1 heterocycles. The quantitative estimate of drug-likeness (QED) is 0.303. The fourth-order valence-electron chi connectivity index (χ4n) is 0.216. The van der Waals surface area contributed by atoms with Crippen molar-refractivity contribution in [1.29, 1.82) is 0 Å². The second-order valence-corrected chi connectivity index (χ2v) is 3.18. The van der Waals surface area contributed by atoms with E-state index in [2.05, 4.69) is 9.59 Å². The van der Waals surface area contributed by atoms with Gasteiger partial charge in [0.05, 0.1) is 0 Å². The Hall–Kier alpha value is -0.0551. The van der Waals surface area contributed by atoms with E-state index in [1.165, 1.54) is 11.5 Å². The van der Waals surface area contributed by atoms with E-state index in [9.17, 15) is 0 Å². The van der Waals surface area contributed by atoms with Crippen molar-refractivity contribution in [2.24, 2.45) is 0 Å². The third-order valence-electron chi connectivity index (χ3n) is 0.494. The van der Waals surface area contributed by atoms with Crippen LogP contribution in [-0.4, -0.2) is 32.0 Å². The largest absolute Gasteiger partial charge is 0.631 e. The van der Waals surface area contributed by atoms with Crippen molar-refractivity contribution in [3.8, 4) is 0 Å². The molecule has 0 unspecified atom stereocenters. The summed E-state index contributed by atoms with van der Waals surface area (Å²) in [5.74, 6) is 0. The first-order valence-corrected chi connectivity index (χ1v) is 3.97. The van der Waals surface area contributed by atoms with Gasteiger partial charge in [0.15, 0.2) is 0 Å². The maximum atomic E-state index is 7.17. The molecule has 0 atom stereocenters. The summed E-state index contributed by atoms with van der Waals surface area (Å²) in [7, 11) is -2.17. The number of aromatic nitrogens is 2. The molecule has 0 fully saturated rings. The molecule has 5 N–H and O–H groups in total. The molecule has 0 aliphatic rings. The molecule has 0 saturated carbocycles. The van der Waals surface area contributed by atoms with Crippen LogP contribution in [0.1, 0.15) is 0 Å². The van der Waals surface area contributed by atoms with Gasteiger partial charge in [0.1, 0.15) is 8.46 Å². The summed E-state index contributed by atoms with van der Waals surface area (Å²) in [5.41, 5.74) is 0. The predicted molar refractivity (Wildman–Crippen MR) is 47.1 cm³/mol. The normalized spacial score (nSPS) is 8.27. The van der Waals surface area contributed by atoms with Crippen LogP contribution in [0.3, 0.4) is 0 Å². The van der Waals surface area contributed by atoms with Crippen LogP contribution in [0.4, 0.5) is 0 Å². The first-order chi connectivity index (χ1) is 5.04. The van der Waals surface area contributed by atoms with Gasteiger partial charge in [0, 0.05) is 0 Å². The Morgan fingerprint density at radius 3 is 1.82 bits per heavy atom. The van der Waals surface area contributed by atoms with Crippen molar-refractivity contribution in [3.63, 3.8) is 0 Å². The zero-order chi connectivity index (χ0) is 8.85. The smallest absolute Gasteiger partial charge is 0.402 e. The van der Waals surface area contributed by atoms with Gasteiger partial charge in [-0.15, -0.1) is 0 Å². The number of H-pyrrole nitrogens is 2. The third-order valence-corrected chi connectivity index (χ3v) is 2.11. The molecule has 0 spiro atoms. The van der Waals surface area contributed by atoms with Gasteiger partial charge in [-0.3, -0.25) is 9.59 Å². The molecule has 0 radical (unpaired) electrons. The molecule has 5 nitrogen and oxygen atoms in total. The highest BCUT2D eigenvalue weighted by Crippen LogP contribution is 1.93. The average molecular weight is 212 g/mol. The summed E-state index contributed by atoms with van der Waals surface area (Å²) in [4.78, 5) is 0. The molecule has 0 aromatic carbocycles. The van der Waals surface area contributed by atoms with Gasteiger partial charge in [-0.2, -0.15) is 0 Å². The van der Waals surface area contributed by atoms with Crippen molar-refractivity contribution in [3.05, 3.63) is 8.46 Å². The Bertz CT molecular complexity index is 262. The third kappa shape index (κ3) is 6.35. The van der Waals surface area contributed by atoms with Gasteiger partial charge in [-0.1, -0.05) is 24.4 Å². The van der Waals surface area contributed by atoms with E-state index in [0.29, 0.717) is 4.64 Å². The Morgan fingerprint density at radius 1 is 1.27 bits per heavy atom. The monoisotopic (exact) mass is 212 g/mol. The predicted octanol–water partition coefficient (Wildman–Crippen LogP) is -0.189. The lowest BCUT2D eigenvalue weighted by Crippen LogP contribution is -2.07. The van der Waals surface area contributed by atoms with Crippen LogP contribution in [-0.2, 0) is 0 Å². The van der Waals surface area contributed by atoms with E-state index in [1.807, 2.05) is 0 Å². The van der Waals surface area contributed by atoms with Crippen LogP contribution < -0.4 is 0 Å². The van der Waals surface area contributed by atoms with E-state index in [-0.39, 0.29) is 0 Å². The lowest BCUT2D eigenvalue weighted by atomic mass is 10.3. The van der Waals surface area contributed by atoms with Crippen LogP contribution >= 0.6 is 36.0 Å². The van der Waals surface area contributed by atoms with Gasteiger partial charge >= 0.3 is 7.32 Å². The average Bonchev–Trinajstić information content (AvgIpc) is 2.15. The topological polar surface area (TPSA) is 92.3 Å². The Labute approximate surface area is 76.7 Å². The van der Waals surface area contributed by atoms with Gasteiger partial charge in [-0.25, -0.2) is 0 Å². The number of rotatable bonds is 0. The van der Waals surface area contributed by atoms with Crippen LogP contribution in [0.2, 0.25) is 0 Å². The maximum absolute atomic E-state index is 7.17. The van der Waals surface area contributed by atoms with E-state index >= 15 is 0 Å². The highest BCUT2D eigenvalue weighted by atomic mass is 32.2. The van der Waals surface area contributed by atoms with Crippen molar-refractivity contribution in [2.45, 2.75) is 0 Å². The molecule has 11 heavy (non-hydrogen) atoms. The van der Waals surface area contributed by atoms with E-state index < -0.39 is 7.32 Å². The molecule has 0 aliphatic heterocycles. The van der Waals surface area contributed by atoms with Gasteiger partial charge in [0.25, 0.3) is 0 Å². The zero-order valence-corrected chi connectivity index (χ0v) is 7.59. The molecular weight excluding hydrogens is 207 g/mol.